The molecule has 0 radical (unpaired) electrons. The number of alkyl halides is 3. The fourth-order valence-electron chi connectivity index (χ4n) is 2.63. The second kappa shape index (κ2) is 4.08. The van der Waals surface area contributed by atoms with Crippen molar-refractivity contribution in [3.05, 3.63) is 47.0 Å². The number of aromatic nitrogens is 3. The number of halogens is 3. The van der Waals surface area contributed by atoms with Gasteiger partial charge in [-0.25, -0.2) is 9.67 Å². The Kier molecular flexibility index (Phi) is 2.62. The summed E-state index contributed by atoms with van der Waals surface area (Å²) in [6, 6.07) is 5.71. The van der Waals surface area contributed by atoms with Gasteiger partial charge in [-0.2, -0.15) is 18.3 Å². The molecule has 3 nitrogen and oxygen atoms in total. The molecular formula is C13H12F3N3. The summed E-state index contributed by atoms with van der Waals surface area (Å²) in [5.74, 6) is 0.914. The third-order valence-electron chi connectivity index (χ3n) is 3.39. The number of hydrogen-bond donors (Lipinski definition) is 0. The molecule has 0 aliphatic carbocycles. The maximum Gasteiger partial charge on any atom is 0.416 e. The lowest BCUT2D eigenvalue weighted by Crippen LogP contribution is -2.12. The van der Waals surface area contributed by atoms with Crippen molar-refractivity contribution in [2.75, 3.05) is 0 Å². The van der Waals surface area contributed by atoms with Crippen LogP contribution in [0.4, 0.5) is 13.2 Å². The van der Waals surface area contributed by atoms with Crippen LogP contribution in [0.5, 0.6) is 0 Å². The van der Waals surface area contributed by atoms with Crippen LogP contribution in [0.2, 0.25) is 0 Å². The Hall–Kier alpha value is -1.85. The standard InChI is InChI=1S/C13H12F3N3/c1-8-17-12-10(6-7-19(12)18-8)9-4-2-3-5-11(9)13(14,15)16/h2-5,10H,6-7H2,1H3/t10-/m1/s1. The maximum absolute atomic E-state index is 13.0. The largest absolute Gasteiger partial charge is 0.416 e. The Bertz CT molecular complexity index is 616. The molecule has 0 amide bonds. The van der Waals surface area contributed by atoms with Crippen LogP contribution in [0.15, 0.2) is 24.3 Å². The lowest BCUT2D eigenvalue weighted by atomic mass is 9.92. The first kappa shape index (κ1) is 12.2. The highest BCUT2D eigenvalue weighted by molar-refractivity contribution is 5.37. The molecule has 0 fully saturated rings. The smallest absolute Gasteiger partial charge is 0.249 e. The molecule has 1 aromatic heterocycles. The number of hydrogen-bond acceptors (Lipinski definition) is 2. The van der Waals surface area contributed by atoms with Gasteiger partial charge in [-0.1, -0.05) is 18.2 Å². The van der Waals surface area contributed by atoms with E-state index in [2.05, 4.69) is 10.1 Å². The van der Waals surface area contributed by atoms with Gasteiger partial charge in [0.15, 0.2) is 0 Å². The van der Waals surface area contributed by atoms with E-state index in [9.17, 15) is 13.2 Å². The van der Waals surface area contributed by atoms with Crippen molar-refractivity contribution in [2.45, 2.75) is 32.0 Å². The van der Waals surface area contributed by atoms with Gasteiger partial charge in [0, 0.05) is 12.5 Å². The van der Waals surface area contributed by atoms with Crippen LogP contribution in [0.3, 0.4) is 0 Å². The molecule has 1 aliphatic rings. The number of nitrogens with zero attached hydrogens (tertiary/aromatic N) is 3. The molecule has 2 heterocycles. The van der Waals surface area contributed by atoms with Gasteiger partial charge >= 0.3 is 6.18 Å². The molecule has 0 N–H and O–H groups in total. The first-order valence-electron chi connectivity index (χ1n) is 6.04. The minimum absolute atomic E-state index is 0.293. The molecule has 0 saturated carbocycles. The van der Waals surface area contributed by atoms with Crippen LogP contribution in [-0.2, 0) is 12.7 Å². The number of rotatable bonds is 1. The van der Waals surface area contributed by atoms with E-state index in [1.807, 2.05) is 0 Å². The first-order chi connectivity index (χ1) is 8.97. The minimum atomic E-state index is -4.33. The van der Waals surface area contributed by atoms with Gasteiger partial charge in [-0.15, -0.1) is 0 Å². The highest BCUT2D eigenvalue weighted by Gasteiger charge is 2.37. The molecule has 0 spiro atoms. The average Bonchev–Trinajstić information content (AvgIpc) is 2.86. The molecule has 1 aromatic carbocycles. The molecule has 0 bridgehead atoms. The van der Waals surface area contributed by atoms with Crippen LogP contribution in [0.1, 0.15) is 35.1 Å². The number of aryl methyl sites for hydroxylation is 2. The summed E-state index contributed by atoms with van der Waals surface area (Å²) < 4.78 is 40.8. The van der Waals surface area contributed by atoms with E-state index >= 15 is 0 Å². The highest BCUT2D eigenvalue weighted by Crippen LogP contribution is 2.40. The monoisotopic (exact) mass is 267 g/mol. The second-order valence-corrected chi connectivity index (χ2v) is 4.67. The van der Waals surface area contributed by atoms with E-state index in [0.717, 1.165) is 6.07 Å². The van der Waals surface area contributed by atoms with Gasteiger partial charge in [-0.05, 0) is 25.0 Å². The quantitative estimate of drug-likeness (QED) is 0.794. The van der Waals surface area contributed by atoms with Gasteiger partial charge in [0.05, 0.1) is 5.56 Å². The van der Waals surface area contributed by atoms with Crippen LogP contribution >= 0.6 is 0 Å². The number of fused-ring (bicyclic) bond motifs is 1. The summed E-state index contributed by atoms with van der Waals surface area (Å²) in [4.78, 5) is 4.26. The fourth-order valence-corrected chi connectivity index (χ4v) is 2.63. The van der Waals surface area contributed by atoms with Crippen molar-refractivity contribution in [3.63, 3.8) is 0 Å². The summed E-state index contributed by atoms with van der Waals surface area (Å²) in [6.07, 6.45) is -3.72. The molecule has 0 saturated heterocycles. The van der Waals surface area contributed by atoms with E-state index in [1.54, 1.807) is 17.7 Å². The zero-order valence-corrected chi connectivity index (χ0v) is 10.3. The van der Waals surface area contributed by atoms with Crippen molar-refractivity contribution in [1.29, 1.82) is 0 Å². The van der Waals surface area contributed by atoms with E-state index in [-0.39, 0.29) is 5.92 Å². The molecule has 6 heteroatoms. The summed E-state index contributed by atoms with van der Waals surface area (Å²) in [7, 11) is 0. The molecule has 1 aliphatic heterocycles. The SMILES string of the molecule is Cc1nc2n(n1)CC[C@@H]2c1ccccc1C(F)(F)F. The van der Waals surface area contributed by atoms with E-state index in [4.69, 9.17) is 0 Å². The van der Waals surface area contributed by atoms with Crippen LogP contribution in [0.25, 0.3) is 0 Å². The van der Waals surface area contributed by atoms with Crippen LogP contribution < -0.4 is 0 Å². The van der Waals surface area contributed by atoms with Gasteiger partial charge < -0.3 is 0 Å². The zero-order valence-electron chi connectivity index (χ0n) is 10.3. The Morgan fingerprint density at radius 3 is 2.74 bits per heavy atom. The van der Waals surface area contributed by atoms with Crippen molar-refractivity contribution in [2.24, 2.45) is 0 Å². The second-order valence-electron chi connectivity index (χ2n) is 4.67. The Labute approximate surface area is 108 Å². The molecule has 3 rings (SSSR count). The predicted octanol–water partition coefficient (Wildman–Crippen LogP) is 3.14. The van der Waals surface area contributed by atoms with Crippen LogP contribution in [0, 0.1) is 6.92 Å². The van der Waals surface area contributed by atoms with Crippen molar-refractivity contribution >= 4 is 0 Å². The first-order valence-corrected chi connectivity index (χ1v) is 6.04. The van der Waals surface area contributed by atoms with E-state index < -0.39 is 11.7 Å². The molecular weight excluding hydrogens is 255 g/mol. The third kappa shape index (κ3) is 2.01. The lowest BCUT2D eigenvalue weighted by Gasteiger charge is -2.16. The molecule has 100 valence electrons. The number of benzene rings is 1. The fraction of sp³-hybridized carbons (Fsp3) is 0.385. The topological polar surface area (TPSA) is 30.7 Å². The Morgan fingerprint density at radius 1 is 1.26 bits per heavy atom. The van der Waals surface area contributed by atoms with E-state index in [1.165, 1.54) is 12.1 Å². The maximum atomic E-state index is 13.0. The molecule has 2 aromatic rings. The van der Waals surface area contributed by atoms with Crippen LogP contribution in [-0.4, -0.2) is 14.8 Å². The predicted molar refractivity (Wildman–Crippen MR) is 62.7 cm³/mol. The van der Waals surface area contributed by atoms with Gasteiger partial charge in [0.2, 0.25) is 0 Å². The van der Waals surface area contributed by atoms with Gasteiger partial charge in [-0.3, -0.25) is 0 Å². The lowest BCUT2D eigenvalue weighted by molar-refractivity contribution is -0.138. The van der Waals surface area contributed by atoms with Gasteiger partial charge in [0.25, 0.3) is 0 Å². The summed E-state index contributed by atoms with van der Waals surface area (Å²) >= 11 is 0. The Morgan fingerprint density at radius 2 is 2.00 bits per heavy atom. The van der Waals surface area contributed by atoms with Crippen molar-refractivity contribution in [1.82, 2.24) is 14.8 Å². The summed E-state index contributed by atoms with van der Waals surface area (Å²) in [6.45, 7) is 2.37. The summed E-state index contributed by atoms with van der Waals surface area (Å²) in [5.41, 5.74) is -0.282. The third-order valence-corrected chi connectivity index (χ3v) is 3.39. The van der Waals surface area contributed by atoms with Crippen molar-refractivity contribution in [3.8, 4) is 0 Å². The highest BCUT2D eigenvalue weighted by atomic mass is 19.4. The van der Waals surface area contributed by atoms with E-state index in [0.29, 0.717) is 30.2 Å². The normalized spacial score (nSPS) is 18.6. The Balaban J connectivity index is 2.09. The van der Waals surface area contributed by atoms with Gasteiger partial charge in [0.1, 0.15) is 11.6 Å². The molecule has 19 heavy (non-hydrogen) atoms. The van der Waals surface area contributed by atoms with Crippen molar-refractivity contribution < 1.29 is 13.2 Å². The zero-order chi connectivity index (χ0) is 13.6. The average molecular weight is 267 g/mol. The molecule has 1 atom stereocenters. The summed E-state index contributed by atoms with van der Waals surface area (Å²) in [5, 5.41) is 4.18. The molecule has 0 unspecified atom stereocenters. The minimum Gasteiger partial charge on any atom is -0.249 e.